The molecule has 0 fully saturated rings. The van der Waals surface area contributed by atoms with E-state index in [-0.39, 0.29) is 22.8 Å². The lowest BCUT2D eigenvalue weighted by Crippen LogP contribution is -2.15. The molecule has 0 saturated heterocycles. The summed E-state index contributed by atoms with van der Waals surface area (Å²) < 4.78 is 5.02. The van der Waals surface area contributed by atoms with Crippen molar-refractivity contribution >= 4 is 17.4 Å². The van der Waals surface area contributed by atoms with Gasteiger partial charge >= 0.3 is 5.97 Å². The van der Waals surface area contributed by atoms with Crippen molar-refractivity contribution < 1.29 is 19.4 Å². The van der Waals surface area contributed by atoms with Crippen LogP contribution in [0.1, 0.15) is 20.7 Å². The van der Waals surface area contributed by atoms with Crippen molar-refractivity contribution in [2.24, 2.45) is 0 Å². The standard InChI is InChI=1S/C21H17NO4/c22-19-11-10-17(23)12-18(19)21(25)26-13-20(24)16-8-6-15(7-9-16)14-4-2-1-3-5-14/h1-12,23H,13,22H2. The molecular weight excluding hydrogens is 330 g/mol. The first kappa shape index (κ1) is 17.2. The van der Waals surface area contributed by atoms with Crippen molar-refractivity contribution in [2.75, 3.05) is 12.3 Å². The molecule has 3 N–H and O–H groups in total. The number of carbonyl (C=O) groups is 2. The van der Waals surface area contributed by atoms with Crippen LogP contribution in [0.4, 0.5) is 5.69 Å². The van der Waals surface area contributed by atoms with Gasteiger partial charge in [0, 0.05) is 11.3 Å². The number of Topliss-reactive ketones (excluding diaryl/α,β-unsaturated/α-hetero) is 1. The molecule has 0 heterocycles. The molecule has 0 atom stereocenters. The highest BCUT2D eigenvalue weighted by Crippen LogP contribution is 2.21. The van der Waals surface area contributed by atoms with E-state index in [0.717, 1.165) is 11.1 Å². The summed E-state index contributed by atoms with van der Waals surface area (Å²) in [6, 6.07) is 20.9. The number of hydrogen-bond donors (Lipinski definition) is 2. The SMILES string of the molecule is Nc1ccc(O)cc1C(=O)OCC(=O)c1ccc(-c2ccccc2)cc1. The number of aromatic hydroxyl groups is 1. The van der Waals surface area contributed by atoms with E-state index in [2.05, 4.69) is 0 Å². The first-order valence-corrected chi connectivity index (χ1v) is 7.99. The van der Waals surface area contributed by atoms with Gasteiger partial charge in [-0.3, -0.25) is 4.79 Å². The average molecular weight is 347 g/mol. The first-order valence-electron chi connectivity index (χ1n) is 7.99. The Kier molecular flexibility index (Phi) is 4.99. The monoisotopic (exact) mass is 347 g/mol. The lowest BCUT2D eigenvalue weighted by Gasteiger charge is -2.08. The molecule has 0 saturated carbocycles. The largest absolute Gasteiger partial charge is 0.508 e. The van der Waals surface area contributed by atoms with Crippen molar-refractivity contribution in [1.82, 2.24) is 0 Å². The number of carbonyl (C=O) groups excluding carboxylic acids is 2. The summed E-state index contributed by atoms with van der Waals surface area (Å²) >= 11 is 0. The van der Waals surface area contributed by atoms with Crippen LogP contribution in [0.15, 0.2) is 72.8 Å². The predicted octanol–water partition coefficient (Wildman–Crippen LogP) is 3.68. The van der Waals surface area contributed by atoms with Gasteiger partial charge in [-0.2, -0.15) is 0 Å². The number of anilines is 1. The van der Waals surface area contributed by atoms with Crippen LogP contribution in [0.3, 0.4) is 0 Å². The molecule has 3 rings (SSSR count). The third kappa shape index (κ3) is 3.89. The van der Waals surface area contributed by atoms with Crippen LogP contribution in [-0.4, -0.2) is 23.5 Å². The normalized spacial score (nSPS) is 10.3. The Bertz CT molecular complexity index is 934. The molecule has 0 aliphatic carbocycles. The predicted molar refractivity (Wildman–Crippen MR) is 99.0 cm³/mol. The molecule has 5 heteroatoms. The first-order chi connectivity index (χ1) is 12.5. The number of benzene rings is 3. The molecule has 0 amide bonds. The molecular formula is C21H17NO4. The zero-order chi connectivity index (χ0) is 18.5. The van der Waals surface area contributed by atoms with Crippen molar-refractivity contribution in [1.29, 1.82) is 0 Å². The van der Waals surface area contributed by atoms with Crippen LogP contribution < -0.4 is 5.73 Å². The molecule has 3 aromatic carbocycles. The van der Waals surface area contributed by atoms with Crippen LogP contribution in [0.25, 0.3) is 11.1 Å². The van der Waals surface area contributed by atoms with E-state index in [1.165, 1.54) is 18.2 Å². The molecule has 5 nitrogen and oxygen atoms in total. The van der Waals surface area contributed by atoms with Crippen molar-refractivity contribution in [3.63, 3.8) is 0 Å². The highest BCUT2D eigenvalue weighted by atomic mass is 16.5. The van der Waals surface area contributed by atoms with Gasteiger partial charge in [0.1, 0.15) is 5.75 Å². The minimum absolute atomic E-state index is 0.0252. The van der Waals surface area contributed by atoms with E-state index in [1.807, 2.05) is 42.5 Å². The molecule has 0 unspecified atom stereocenters. The summed E-state index contributed by atoms with van der Waals surface area (Å²) in [5.74, 6) is -1.18. The van der Waals surface area contributed by atoms with E-state index >= 15 is 0 Å². The van der Waals surface area contributed by atoms with E-state index in [1.54, 1.807) is 12.1 Å². The van der Waals surface area contributed by atoms with Crippen molar-refractivity contribution in [3.8, 4) is 16.9 Å². The lowest BCUT2D eigenvalue weighted by molar-refractivity contribution is 0.0475. The minimum Gasteiger partial charge on any atom is -0.508 e. The number of phenols is 1. The maximum absolute atomic E-state index is 12.2. The van der Waals surface area contributed by atoms with E-state index in [0.29, 0.717) is 5.56 Å². The quantitative estimate of drug-likeness (QED) is 0.318. The number of nitrogens with two attached hydrogens (primary N) is 1. The molecule has 0 bridgehead atoms. The number of phenolic OH excluding ortho intramolecular Hbond substituents is 1. The summed E-state index contributed by atoms with van der Waals surface area (Å²) in [5, 5.41) is 9.43. The topological polar surface area (TPSA) is 89.6 Å². The highest BCUT2D eigenvalue weighted by Gasteiger charge is 2.15. The van der Waals surface area contributed by atoms with Crippen molar-refractivity contribution in [3.05, 3.63) is 83.9 Å². The van der Waals surface area contributed by atoms with Crippen LogP contribution in [0, 0.1) is 0 Å². The number of nitrogen functional groups attached to an aromatic ring is 1. The maximum Gasteiger partial charge on any atom is 0.340 e. The van der Waals surface area contributed by atoms with Crippen LogP contribution in [0.5, 0.6) is 5.75 Å². The van der Waals surface area contributed by atoms with Gasteiger partial charge in [0.05, 0.1) is 5.56 Å². The molecule has 26 heavy (non-hydrogen) atoms. The average Bonchev–Trinajstić information content (AvgIpc) is 2.68. The summed E-state index contributed by atoms with van der Waals surface area (Å²) in [6.07, 6.45) is 0. The van der Waals surface area contributed by atoms with Gasteiger partial charge in [-0.1, -0.05) is 54.6 Å². The number of rotatable bonds is 5. The molecule has 0 aromatic heterocycles. The summed E-state index contributed by atoms with van der Waals surface area (Å²) in [6.45, 7) is -0.404. The Morgan fingerprint density at radius 2 is 1.54 bits per heavy atom. The Hall–Kier alpha value is -3.60. The fourth-order valence-corrected chi connectivity index (χ4v) is 2.49. The molecule has 130 valence electrons. The lowest BCUT2D eigenvalue weighted by atomic mass is 10.0. The minimum atomic E-state index is -0.757. The number of hydrogen-bond acceptors (Lipinski definition) is 5. The van der Waals surface area contributed by atoms with Crippen LogP contribution >= 0.6 is 0 Å². The summed E-state index contributed by atoms with van der Waals surface area (Å²) in [7, 11) is 0. The van der Waals surface area contributed by atoms with Gasteiger partial charge in [0.25, 0.3) is 0 Å². The van der Waals surface area contributed by atoms with Crippen molar-refractivity contribution in [2.45, 2.75) is 0 Å². The van der Waals surface area contributed by atoms with Gasteiger partial charge in [-0.15, -0.1) is 0 Å². The van der Waals surface area contributed by atoms with E-state index < -0.39 is 12.6 Å². The van der Waals surface area contributed by atoms with E-state index in [9.17, 15) is 14.7 Å². The van der Waals surface area contributed by atoms with Gasteiger partial charge in [0.15, 0.2) is 12.4 Å². The van der Waals surface area contributed by atoms with Gasteiger partial charge in [-0.05, 0) is 29.3 Å². The second-order valence-corrected chi connectivity index (χ2v) is 5.71. The Morgan fingerprint density at radius 3 is 2.23 bits per heavy atom. The Morgan fingerprint density at radius 1 is 0.885 bits per heavy atom. The molecule has 0 radical (unpaired) electrons. The zero-order valence-corrected chi connectivity index (χ0v) is 13.9. The molecule has 0 spiro atoms. The third-order valence-electron chi connectivity index (χ3n) is 3.91. The van der Waals surface area contributed by atoms with Crippen LogP contribution in [0.2, 0.25) is 0 Å². The molecule has 0 aliphatic heterocycles. The number of ether oxygens (including phenoxy) is 1. The molecule has 3 aromatic rings. The third-order valence-corrected chi connectivity index (χ3v) is 3.91. The summed E-state index contributed by atoms with van der Waals surface area (Å²) in [5.41, 5.74) is 8.37. The zero-order valence-electron chi connectivity index (χ0n) is 13.9. The smallest absolute Gasteiger partial charge is 0.340 e. The fraction of sp³-hybridized carbons (Fsp3) is 0.0476. The van der Waals surface area contributed by atoms with Gasteiger partial charge in [0.2, 0.25) is 0 Å². The number of ketones is 1. The Balaban J connectivity index is 1.65. The van der Waals surface area contributed by atoms with E-state index in [4.69, 9.17) is 10.5 Å². The second-order valence-electron chi connectivity index (χ2n) is 5.71. The Labute approximate surface area is 150 Å². The van der Waals surface area contributed by atoms with Crippen LogP contribution in [-0.2, 0) is 4.74 Å². The molecule has 0 aliphatic rings. The van der Waals surface area contributed by atoms with Gasteiger partial charge in [-0.25, -0.2) is 4.79 Å². The number of esters is 1. The second kappa shape index (κ2) is 7.53. The highest BCUT2D eigenvalue weighted by molar-refractivity contribution is 6.01. The fourth-order valence-electron chi connectivity index (χ4n) is 2.49. The maximum atomic E-state index is 12.2. The van der Waals surface area contributed by atoms with Gasteiger partial charge < -0.3 is 15.6 Å². The summed E-state index contributed by atoms with van der Waals surface area (Å²) in [4.78, 5) is 24.2.